The first-order chi connectivity index (χ1) is 7.30. The molecule has 16 heavy (non-hydrogen) atoms. The van der Waals surface area contributed by atoms with Gasteiger partial charge in [-0.15, -0.1) is 0 Å². The van der Waals surface area contributed by atoms with E-state index in [4.69, 9.17) is 15.7 Å². The summed E-state index contributed by atoms with van der Waals surface area (Å²) < 4.78 is 5.35. The predicted octanol–water partition coefficient (Wildman–Crippen LogP) is 0.396. The van der Waals surface area contributed by atoms with Gasteiger partial charge in [-0.3, -0.25) is 4.79 Å². The molecule has 0 radical (unpaired) electrons. The molecule has 0 heterocycles. The second-order valence-electron chi connectivity index (χ2n) is 4.40. The van der Waals surface area contributed by atoms with Crippen molar-refractivity contribution < 1.29 is 14.7 Å². The highest BCUT2D eigenvalue weighted by atomic mass is 16.5. The molecular weight excluding hydrogens is 210 g/mol. The topological polar surface area (TPSA) is 88.1 Å². The second kappa shape index (κ2) is 6.32. The van der Waals surface area contributed by atoms with Gasteiger partial charge in [-0.2, -0.15) is 0 Å². The molecule has 0 aromatic rings. The molecule has 0 atom stereocenters. The lowest BCUT2D eigenvalue weighted by Crippen LogP contribution is -2.41. The van der Waals surface area contributed by atoms with Crippen LogP contribution in [-0.2, 0) is 9.53 Å². The van der Waals surface area contributed by atoms with Crippen LogP contribution >= 0.6 is 0 Å². The minimum Gasteiger partial charge on any atom is -0.409 e. The van der Waals surface area contributed by atoms with Crippen molar-refractivity contribution in [1.82, 2.24) is 4.90 Å². The molecule has 94 valence electrons. The Balaban J connectivity index is 4.22. The molecule has 0 aromatic heterocycles. The van der Waals surface area contributed by atoms with Gasteiger partial charge in [-0.1, -0.05) is 5.16 Å². The lowest BCUT2D eigenvalue weighted by atomic mass is 10.2. The van der Waals surface area contributed by atoms with Gasteiger partial charge in [0.2, 0.25) is 5.91 Å². The van der Waals surface area contributed by atoms with Gasteiger partial charge in [0.1, 0.15) is 6.61 Å². The highest BCUT2D eigenvalue weighted by Crippen LogP contribution is 2.06. The van der Waals surface area contributed by atoms with Crippen LogP contribution in [0.2, 0.25) is 0 Å². The van der Waals surface area contributed by atoms with Crippen molar-refractivity contribution in [2.45, 2.75) is 33.3 Å². The standard InChI is InChI=1S/C10H21N3O3/c1-5-13(6-8(11)12-15)9(14)7-16-10(2,3)4/h15H,5-7H2,1-4H3,(H2,11,12). The molecule has 6 heteroatoms. The lowest BCUT2D eigenvalue weighted by molar-refractivity contribution is -0.140. The number of oxime groups is 1. The average molecular weight is 231 g/mol. The smallest absolute Gasteiger partial charge is 0.248 e. The summed E-state index contributed by atoms with van der Waals surface area (Å²) in [5.74, 6) is -0.171. The number of carbonyl (C=O) groups is 1. The number of hydrogen-bond acceptors (Lipinski definition) is 4. The minimum atomic E-state index is -0.355. The molecule has 0 fully saturated rings. The summed E-state index contributed by atoms with van der Waals surface area (Å²) in [5, 5.41) is 11.2. The summed E-state index contributed by atoms with van der Waals surface area (Å²) in [6.45, 7) is 8.04. The Kier molecular flexibility index (Phi) is 5.81. The van der Waals surface area contributed by atoms with Crippen LogP contribution in [0.1, 0.15) is 27.7 Å². The van der Waals surface area contributed by atoms with E-state index >= 15 is 0 Å². The van der Waals surface area contributed by atoms with Crippen LogP contribution in [0.5, 0.6) is 0 Å². The van der Waals surface area contributed by atoms with Crippen molar-refractivity contribution >= 4 is 11.7 Å². The second-order valence-corrected chi connectivity index (χ2v) is 4.40. The van der Waals surface area contributed by atoms with Crippen molar-refractivity contribution in [3.8, 4) is 0 Å². The van der Waals surface area contributed by atoms with E-state index in [1.165, 1.54) is 4.90 Å². The highest BCUT2D eigenvalue weighted by Gasteiger charge is 2.17. The van der Waals surface area contributed by atoms with E-state index in [9.17, 15) is 4.79 Å². The Hall–Kier alpha value is -1.30. The summed E-state index contributed by atoms with van der Waals surface area (Å²) in [4.78, 5) is 13.1. The fourth-order valence-electron chi connectivity index (χ4n) is 0.973. The number of rotatable bonds is 5. The molecule has 6 nitrogen and oxygen atoms in total. The molecule has 0 rings (SSSR count). The first-order valence-corrected chi connectivity index (χ1v) is 5.18. The van der Waals surface area contributed by atoms with Crippen LogP contribution in [0.4, 0.5) is 0 Å². The summed E-state index contributed by atoms with van der Waals surface area (Å²) in [6, 6.07) is 0. The Labute approximate surface area is 96.0 Å². The zero-order chi connectivity index (χ0) is 12.8. The van der Waals surface area contributed by atoms with Crippen LogP contribution in [0.25, 0.3) is 0 Å². The number of likely N-dealkylation sites (N-methyl/N-ethyl adjacent to an activating group) is 1. The fourth-order valence-corrected chi connectivity index (χ4v) is 0.973. The first kappa shape index (κ1) is 14.7. The number of amidine groups is 1. The fraction of sp³-hybridized carbons (Fsp3) is 0.800. The third-order valence-corrected chi connectivity index (χ3v) is 1.84. The van der Waals surface area contributed by atoms with Crippen LogP contribution in [0.3, 0.4) is 0 Å². The van der Waals surface area contributed by atoms with Crippen LogP contribution < -0.4 is 5.73 Å². The van der Waals surface area contributed by atoms with Gasteiger partial charge < -0.3 is 20.6 Å². The van der Waals surface area contributed by atoms with Gasteiger partial charge in [0, 0.05) is 6.54 Å². The lowest BCUT2D eigenvalue weighted by Gasteiger charge is -2.24. The number of amides is 1. The number of nitrogens with zero attached hydrogens (tertiary/aromatic N) is 2. The van der Waals surface area contributed by atoms with Gasteiger partial charge in [-0.25, -0.2) is 0 Å². The minimum absolute atomic E-state index is 0.00392. The molecule has 0 unspecified atom stereocenters. The molecule has 3 N–H and O–H groups in total. The van der Waals surface area contributed by atoms with Gasteiger partial charge in [-0.05, 0) is 27.7 Å². The maximum absolute atomic E-state index is 11.7. The monoisotopic (exact) mass is 231 g/mol. The molecule has 0 spiro atoms. The van der Waals surface area contributed by atoms with E-state index in [2.05, 4.69) is 5.16 Å². The normalized spacial score (nSPS) is 12.6. The number of carbonyl (C=O) groups excluding carboxylic acids is 1. The van der Waals surface area contributed by atoms with Crippen LogP contribution in [0.15, 0.2) is 5.16 Å². The quantitative estimate of drug-likeness (QED) is 0.310. The maximum atomic E-state index is 11.7. The van der Waals surface area contributed by atoms with Crippen molar-refractivity contribution in [3.05, 3.63) is 0 Å². The van der Waals surface area contributed by atoms with Gasteiger partial charge in [0.15, 0.2) is 5.84 Å². The number of nitrogens with two attached hydrogens (primary N) is 1. The first-order valence-electron chi connectivity index (χ1n) is 5.18. The number of ether oxygens (including phenoxy) is 1. The van der Waals surface area contributed by atoms with Crippen LogP contribution in [-0.4, -0.2) is 47.1 Å². The third-order valence-electron chi connectivity index (χ3n) is 1.84. The van der Waals surface area contributed by atoms with E-state index in [-0.39, 0.29) is 30.5 Å². The molecule has 0 aliphatic carbocycles. The van der Waals surface area contributed by atoms with E-state index in [0.29, 0.717) is 6.54 Å². The van der Waals surface area contributed by atoms with Crippen molar-refractivity contribution in [3.63, 3.8) is 0 Å². The van der Waals surface area contributed by atoms with E-state index in [0.717, 1.165) is 0 Å². The maximum Gasteiger partial charge on any atom is 0.248 e. The summed E-state index contributed by atoms with van der Waals surface area (Å²) in [7, 11) is 0. The summed E-state index contributed by atoms with van der Waals surface area (Å²) in [5.41, 5.74) is 4.98. The predicted molar refractivity (Wildman–Crippen MR) is 61.4 cm³/mol. The van der Waals surface area contributed by atoms with Crippen molar-refractivity contribution in [2.24, 2.45) is 10.9 Å². The molecule has 0 bridgehead atoms. The van der Waals surface area contributed by atoms with E-state index in [1.807, 2.05) is 27.7 Å². The average Bonchev–Trinajstić information content (AvgIpc) is 2.21. The Morgan fingerprint density at radius 2 is 2.06 bits per heavy atom. The van der Waals surface area contributed by atoms with Crippen LogP contribution in [0, 0.1) is 0 Å². The molecule has 0 saturated carbocycles. The van der Waals surface area contributed by atoms with Gasteiger partial charge in [0.25, 0.3) is 0 Å². The van der Waals surface area contributed by atoms with Crippen molar-refractivity contribution in [2.75, 3.05) is 19.7 Å². The molecule has 1 amide bonds. The molecule has 0 saturated heterocycles. The van der Waals surface area contributed by atoms with E-state index < -0.39 is 0 Å². The molecule has 0 aliphatic heterocycles. The third kappa shape index (κ3) is 6.23. The molecular formula is C10H21N3O3. The summed E-state index contributed by atoms with van der Waals surface area (Å²) >= 11 is 0. The largest absolute Gasteiger partial charge is 0.409 e. The Morgan fingerprint density at radius 3 is 2.44 bits per heavy atom. The summed E-state index contributed by atoms with van der Waals surface area (Å²) in [6.07, 6.45) is 0. The van der Waals surface area contributed by atoms with Gasteiger partial charge in [0.05, 0.1) is 12.1 Å². The molecule has 0 aromatic carbocycles. The van der Waals surface area contributed by atoms with Gasteiger partial charge >= 0.3 is 0 Å². The molecule has 0 aliphatic rings. The highest BCUT2D eigenvalue weighted by molar-refractivity contribution is 5.87. The zero-order valence-electron chi connectivity index (χ0n) is 10.4. The number of hydrogen-bond donors (Lipinski definition) is 2. The Morgan fingerprint density at radius 1 is 1.50 bits per heavy atom. The SMILES string of the molecule is CCN(CC(N)=NO)C(=O)COC(C)(C)C. The zero-order valence-corrected chi connectivity index (χ0v) is 10.4. The van der Waals surface area contributed by atoms with Crippen molar-refractivity contribution in [1.29, 1.82) is 0 Å². The van der Waals surface area contributed by atoms with E-state index in [1.54, 1.807) is 0 Å². The Bertz CT molecular complexity index is 259.